The number of guanidine groups is 1. The summed E-state index contributed by atoms with van der Waals surface area (Å²) in [7, 11) is 1.43. The van der Waals surface area contributed by atoms with Crippen molar-refractivity contribution in [3.05, 3.63) is 75.8 Å². The smallest absolute Gasteiger partial charge is 0.308 e. The molecule has 0 atom stereocenters. The van der Waals surface area contributed by atoms with Crippen LogP contribution in [0.5, 0.6) is 0 Å². The van der Waals surface area contributed by atoms with Crippen molar-refractivity contribution in [1.29, 1.82) is 0 Å². The average molecular weight is 425 g/mol. The number of hydrogen-bond acceptors (Lipinski definition) is 5. The minimum Gasteiger partial charge on any atom is -0.469 e. The zero-order chi connectivity index (χ0) is 22.1. The summed E-state index contributed by atoms with van der Waals surface area (Å²) >= 11 is 0. The maximum absolute atomic E-state index is 11.8. The van der Waals surface area contributed by atoms with E-state index in [2.05, 4.69) is 22.3 Å². The normalized spacial score (nSPS) is 14.9. The van der Waals surface area contributed by atoms with Crippen molar-refractivity contribution in [3.8, 4) is 0 Å². The summed E-state index contributed by atoms with van der Waals surface area (Å²) in [5, 5.41) is 14.3. The molecule has 0 aromatic heterocycles. The predicted molar refractivity (Wildman–Crippen MR) is 119 cm³/mol. The first kappa shape index (κ1) is 22.3. The van der Waals surface area contributed by atoms with Crippen LogP contribution in [0.1, 0.15) is 24.0 Å². The number of aliphatic imine (C=N–C) groups is 1. The van der Waals surface area contributed by atoms with Crippen molar-refractivity contribution in [2.45, 2.75) is 25.8 Å². The molecule has 0 radical (unpaired) electrons. The van der Waals surface area contributed by atoms with Gasteiger partial charge in [-0.05, 0) is 30.4 Å². The lowest BCUT2D eigenvalue weighted by Gasteiger charge is -2.33. The molecule has 1 aliphatic rings. The summed E-state index contributed by atoms with van der Waals surface area (Å²) in [4.78, 5) is 29.2. The van der Waals surface area contributed by atoms with Gasteiger partial charge in [-0.2, -0.15) is 0 Å². The number of nitro groups is 1. The van der Waals surface area contributed by atoms with Gasteiger partial charge < -0.3 is 15.0 Å². The number of hydrogen-bond donors (Lipinski definition) is 1. The Morgan fingerprint density at radius 3 is 2.42 bits per heavy atom. The molecule has 1 heterocycles. The summed E-state index contributed by atoms with van der Waals surface area (Å²) in [6.45, 7) is 2.59. The lowest BCUT2D eigenvalue weighted by atomic mass is 9.97. The third-order valence-electron chi connectivity index (χ3n) is 5.43. The molecule has 0 aliphatic carbocycles. The molecule has 1 fully saturated rings. The number of nitrogens with one attached hydrogen (secondary N) is 1. The Kier molecular flexibility index (Phi) is 7.98. The number of rotatable bonds is 7. The van der Waals surface area contributed by atoms with Gasteiger partial charge in [0.1, 0.15) is 0 Å². The van der Waals surface area contributed by atoms with Gasteiger partial charge in [-0.25, -0.2) is 4.99 Å². The fourth-order valence-corrected chi connectivity index (χ4v) is 3.61. The first-order valence-corrected chi connectivity index (χ1v) is 10.4. The highest BCUT2D eigenvalue weighted by Gasteiger charge is 2.27. The van der Waals surface area contributed by atoms with E-state index in [1.165, 1.54) is 24.8 Å². The van der Waals surface area contributed by atoms with Crippen molar-refractivity contribution in [2.75, 3.05) is 26.7 Å². The first-order valence-electron chi connectivity index (χ1n) is 10.4. The second-order valence-electron chi connectivity index (χ2n) is 7.51. The number of likely N-dealkylation sites (tertiary alicyclic amines) is 1. The number of nitrogens with zero attached hydrogens (tertiary/aromatic N) is 3. The van der Waals surface area contributed by atoms with Crippen LogP contribution in [0, 0.1) is 16.0 Å². The molecular formula is C23H28N4O4. The van der Waals surface area contributed by atoms with Crippen LogP contribution in [0.4, 0.5) is 5.69 Å². The van der Waals surface area contributed by atoms with E-state index in [1.807, 2.05) is 18.2 Å². The minimum atomic E-state index is -0.408. The Morgan fingerprint density at radius 1 is 1.13 bits per heavy atom. The van der Waals surface area contributed by atoms with E-state index in [1.54, 1.807) is 12.1 Å². The topological polar surface area (TPSA) is 97.1 Å². The molecule has 1 N–H and O–H groups in total. The van der Waals surface area contributed by atoms with Crippen LogP contribution in [0.2, 0.25) is 0 Å². The van der Waals surface area contributed by atoms with E-state index in [4.69, 9.17) is 9.73 Å². The molecule has 1 aliphatic heterocycles. The second-order valence-corrected chi connectivity index (χ2v) is 7.51. The van der Waals surface area contributed by atoms with Gasteiger partial charge in [0, 0.05) is 31.8 Å². The molecule has 2 aromatic carbocycles. The molecule has 0 saturated carbocycles. The monoisotopic (exact) mass is 424 g/mol. The minimum absolute atomic E-state index is 0.0681. The van der Waals surface area contributed by atoms with Crippen molar-refractivity contribution in [1.82, 2.24) is 10.2 Å². The molecule has 2 aromatic rings. The number of carbonyl (C=O) groups excluding carboxylic acids is 1. The van der Waals surface area contributed by atoms with Crippen molar-refractivity contribution in [3.63, 3.8) is 0 Å². The number of non-ortho nitro benzene ring substituents is 1. The summed E-state index contributed by atoms with van der Waals surface area (Å²) < 4.78 is 4.88. The molecular weight excluding hydrogens is 396 g/mol. The number of nitro benzene ring substituents is 1. The number of carbonyl (C=O) groups is 1. The van der Waals surface area contributed by atoms with E-state index < -0.39 is 4.92 Å². The average Bonchev–Trinajstić information content (AvgIpc) is 2.82. The lowest BCUT2D eigenvalue weighted by Crippen LogP contribution is -2.47. The quantitative estimate of drug-likeness (QED) is 0.241. The Bertz CT molecular complexity index is 892. The van der Waals surface area contributed by atoms with Crippen LogP contribution in [0.3, 0.4) is 0 Å². The molecule has 8 nitrogen and oxygen atoms in total. The fraction of sp³-hybridized carbons (Fsp3) is 0.391. The van der Waals surface area contributed by atoms with Crippen LogP contribution in [-0.2, 0) is 22.5 Å². The number of methoxy groups -OCH3 is 1. The highest BCUT2D eigenvalue weighted by Crippen LogP contribution is 2.19. The van der Waals surface area contributed by atoms with E-state index in [9.17, 15) is 14.9 Å². The maximum Gasteiger partial charge on any atom is 0.308 e. The maximum atomic E-state index is 11.8. The van der Waals surface area contributed by atoms with Gasteiger partial charge in [0.15, 0.2) is 5.96 Å². The lowest BCUT2D eigenvalue weighted by molar-refractivity contribution is -0.384. The van der Waals surface area contributed by atoms with E-state index >= 15 is 0 Å². The summed E-state index contributed by atoms with van der Waals surface area (Å²) in [5.74, 6) is 0.570. The highest BCUT2D eigenvalue weighted by molar-refractivity contribution is 5.80. The predicted octanol–water partition coefficient (Wildman–Crippen LogP) is 3.17. The van der Waals surface area contributed by atoms with E-state index in [-0.39, 0.29) is 17.6 Å². The summed E-state index contributed by atoms with van der Waals surface area (Å²) in [6, 6.07) is 16.7. The van der Waals surface area contributed by atoms with Crippen LogP contribution in [-0.4, -0.2) is 48.5 Å². The molecule has 0 bridgehead atoms. The van der Waals surface area contributed by atoms with Gasteiger partial charge in [0.05, 0.1) is 24.5 Å². The Morgan fingerprint density at radius 2 is 1.81 bits per heavy atom. The third-order valence-corrected chi connectivity index (χ3v) is 5.43. The highest BCUT2D eigenvalue weighted by atomic mass is 16.6. The van der Waals surface area contributed by atoms with Gasteiger partial charge in [-0.15, -0.1) is 0 Å². The van der Waals surface area contributed by atoms with Crippen LogP contribution >= 0.6 is 0 Å². The third kappa shape index (κ3) is 6.53. The van der Waals surface area contributed by atoms with Gasteiger partial charge in [0.2, 0.25) is 0 Å². The van der Waals surface area contributed by atoms with E-state index in [0.717, 1.165) is 50.4 Å². The first-order chi connectivity index (χ1) is 15.1. The Hall–Kier alpha value is -3.42. The summed E-state index contributed by atoms with van der Waals surface area (Å²) in [6.07, 6.45) is 2.32. The van der Waals surface area contributed by atoms with Gasteiger partial charge >= 0.3 is 5.97 Å². The Labute approximate surface area is 182 Å². The van der Waals surface area contributed by atoms with Crippen molar-refractivity contribution in [2.24, 2.45) is 10.9 Å². The number of benzene rings is 2. The van der Waals surface area contributed by atoms with Crippen molar-refractivity contribution < 1.29 is 14.5 Å². The molecule has 8 heteroatoms. The van der Waals surface area contributed by atoms with Gasteiger partial charge in [0.25, 0.3) is 5.69 Å². The standard InChI is InChI=1S/C23H28N4O4/c1-31-22(28)20-12-15-26(16-13-20)23(24-14-11-18-5-3-2-4-6-18)25-17-19-7-9-21(10-8-19)27(29)30/h2-10,20H,11-17H2,1H3,(H,24,25). The van der Waals surface area contributed by atoms with Crippen LogP contribution in [0.15, 0.2) is 59.6 Å². The molecule has 0 amide bonds. The summed E-state index contributed by atoms with van der Waals surface area (Å²) in [5.41, 5.74) is 2.21. The fourth-order valence-electron chi connectivity index (χ4n) is 3.61. The molecule has 164 valence electrons. The molecule has 31 heavy (non-hydrogen) atoms. The van der Waals surface area contributed by atoms with E-state index in [0.29, 0.717) is 6.54 Å². The number of piperidine rings is 1. The number of esters is 1. The molecule has 1 saturated heterocycles. The number of ether oxygens (including phenoxy) is 1. The SMILES string of the molecule is COC(=O)C1CCN(C(=NCc2ccc([N+](=O)[O-])cc2)NCCc2ccccc2)CC1. The second kappa shape index (κ2) is 11.1. The largest absolute Gasteiger partial charge is 0.469 e. The zero-order valence-corrected chi connectivity index (χ0v) is 17.7. The zero-order valence-electron chi connectivity index (χ0n) is 17.7. The van der Waals surface area contributed by atoms with Crippen LogP contribution in [0.25, 0.3) is 0 Å². The van der Waals surface area contributed by atoms with Gasteiger partial charge in [-0.1, -0.05) is 42.5 Å². The molecule has 0 unspecified atom stereocenters. The molecule has 3 rings (SSSR count). The Balaban J connectivity index is 1.65. The van der Waals surface area contributed by atoms with Crippen molar-refractivity contribution >= 4 is 17.6 Å². The van der Waals surface area contributed by atoms with Crippen LogP contribution < -0.4 is 5.32 Å². The van der Waals surface area contributed by atoms with Gasteiger partial charge in [-0.3, -0.25) is 14.9 Å². The molecule has 0 spiro atoms.